The van der Waals surface area contributed by atoms with Crippen molar-refractivity contribution in [1.29, 1.82) is 0 Å². The summed E-state index contributed by atoms with van der Waals surface area (Å²) in [6.45, 7) is 8.47. The molecular weight excluding hydrogens is 791 g/mol. The van der Waals surface area contributed by atoms with Crippen molar-refractivity contribution < 1.29 is 24.5 Å². The van der Waals surface area contributed by atoms with E-state index >= 15 is 0 Å². The molecule has 2 heterocycles. The molecule has 3 aliphatic rings. The molecular formula is C51H55N7O5. The van der Waals surface area contributed by atoms with E-state index < -0.39 is 6.10 Å². The predicted octanol–water partition coefficient (Wildman–Crippen LogP) is 8.84. The van der Waals surface area contributed by atoms with Crippen LogP contribution in [0.25, 0.3) is 22.8 Å². The van der Waals surface area contributed by atoms with Gasteiger partial charge in [-0.3, -0.25) is 0 Å². The van der Waals surface area contributed by atoms with E-state index in [2.05, 4.69) is 113 Å². The summed E-state index contributed by atoms with van der Waals surface area (Å²) in [5, 5.41) is 43.0. The van der Waals surface area contributed by atoms with Crippen molar-refractivity contribution in [2.45, 2.75) is 97.3 Å². The lowest BCUT2D eigenvalue weighted by Crippen LogP contribution is -2.15. The minimum absolute atomic E-state index is 0.107. The lowest BCUT2D eigenvalue weighted by Gasteiger charge is -2.10. The van der Waals surface area contributed by atoms with Gasteiger partial charge in [0.15, 0.2) is 5.84 Å². The van der Waals surface area contributed by atoms with E-state index in [0.29, 0.717) is 48.7 Å². The Balaban J connectivity index is 0.000000135. The number of oxime groups is 1. The summed E-state index contributed by atoms with van der Waals surface area (Å²) >= 11 is 0. The van der Waals surface area contributed by atoms with Gasteiger partial charge in [-0.15, -0.1) is 0 Å². The Morgan fingerprint density at radius 1 is 0.635 bits per heavy atom. The Labute approximate surface area is 367 Å². The largest absolute Gasteiger partial charge is 0.409 e. The minimum Gasteiger partial charge on any atom is -0.409 e. The molecule has 5 aromatic carbocycles. The normalized spacial score (nSPS) is 17.3. The summed E-state index contributed by atoms with van der Waals surface area (Å²) in [5.41, 5.74) is 22.6. The number of nitrogens with two attached hydrogens (primary N) is 1. The van der Waals surface area contributed by atoms with Gasteiger partial charge in [0, 0.05) is 22.7 Å². The van der Waals surface area contributed by atoms with Crippen LogP contribution in [0.2, 0.25) is 0 Å². The van der Waals surface area contributed by atoms with Crippen LogP contribution in [0.4, 0.5) is 0 Å². The van der Waals surface area contributed by atoms with Gasteiger partial charge in [-0.25, -0.2) is 0 Å². The molecule has 324 valence electrons. The number of hydrogen-bond donors (Lipinski definition) is 5. The van der Waals surface area contributed by atoms with Crippen molar-refractivity contribution in [3.05, 3.63) is 175 Å². The van der Waals surface area contributed by atoms with Crippen molar-refractivity contribution in [1.82, 2.24) is 25.6 Å². The fourth-order valence-corrected chi connectivity index (χ4v) is 8.98. The van der Waals surface area contributed by atoms with Gasteiger partial charge in [0.05, 0.1) is 25.0 Å². The molecule has 10 rings (SSSR count). The number of rotatable bonds is 8. The maximum Gasteiger partial charge on any atom is 0.231 e. The molecule has 6 N–H and O–H groups in total. The molecule has 0 saturated carbocycles. The number of nitrogens with zero attached hydrogens (tertiary/aromatic N) is 5. The molecule has 3 aliphatic carbocycles. The Morgan fingerprint density at radius 3 is 1.63 bits per heavy atom. The fraction of sp³-hybridized carbons (Fsp3) is 0.314. The van der Waals surface area contributed by atoms with E-state index in [0.717, 1.165) is 71.0 Å². The lowest BCUT2D eigenvalue weighted by atomic mass is 10.0. The second-order valence-electron chi connectivity index (χ2n) is 16.8. The van der Waals surface area contributed by atoms with Gasteiger partial charge in [0.2, 0.25) is 23.4 Å². The fourth-order valence-electron chi connectivity index (χ4n) is 8.98. The van der Waals surface area contributed by atoms with Crippen LogP contribution in [-0.2, 0) is 32.1 Å². The molecule has 0 saturated heterocycles. The number of benzene rings is 5. The van der Waals surface area contributed by atoms with E-state index in [4.69, 9.17) is 20.0 Å². The minimum atomic E-state index is -0.406. The van der Waals surface area contributed by atoms with Gasteiger partial charge in [-0.05, 0) is 140 Å². The summed E-state index contributed by atoms with van der Waals surface area (Å²) in [6.07, 6.45) is 5.81. The third-order valence-electron chi connectivity index (χ3n) is 12.8. The van der Waals surface area contributed by atoms with E-state index in [1.165, 1.54) is 44.5 Å². The van der Waals surface area contributed by atoms with E-state index in [1.807, 2.05) is 31.3 Å². The Bertz CT molecular complexity index is 2770. The van der Waals surface area contributed by atoms with Gasteiger partial charge in [-0.2, -0.15) is 9.97 Å². The third-order valence-corrected chi connectivity index (χ3v) is 12.8. The molecule has 3 unspecified atom stereocenters. The molecule has 0 amide bonds. The monoisotopic (exact) mass is 845 g/mol. The first-order valence-electron chi connectivity index (χ1n) is 21.7. The van der Waals surface area contributed by atoms with Gasteiger partial charge in [-0.1, -0.05) is 106 Å². The number of aromatic nitrogens is 4. The average Bonchev–Trinajstić information content (AvgIpc) is 4.16. The van der Waals surface area contributed by atoms with Gasteiger partial charge >= 0.3 is 0 Å². The molecule has 2 aromatic heterocycles. The highest BCUT2D eigenvalue weighted by atomic mass is 16.5. The lowest BCUT2D eigenvalue weighted by molar-refractivity contribution is 0.179. The molecule has 0 spiro atoms. The molecule has 63 heavy (non-hydrogen) atoms. The zero-order chi connectivity index (χ0) is 44.2. The van der Waals surface area contributed by atoms with Crippen LogP contribution in [0.3, 0.4) is 0 Å². The summed E-state index contributed by atoms with van der Waals surface area (Å²) in [4.78, 5) is 9.23. The summed E-state index contributed by atoms with van der Waals surface area (Å²) in [7, 11) is 2.02. The zero-order valence-electron chi connectivity index (χ0n) is 36.5. The second kappa shape index (κ2) is 18.9. The van der Waals surface area contributed by atoms with E-state index in [1.54, 1.807) is 12.1 Å². The van der Waals surface area contributed by atoms with Crippen molar-refractivity contribution in [3.8, 4) is 22.8 Å². The quantitative estimate of drug-likeness (QED) is 0.0425. The topological polar surface area (TPSA) is 189 Å². The van der Waals surface area contributed by atoms with E-state index in [-0.39, 0.29) is 11.9 Å². The van der Waals surface area contributed by atoms with Crippen molar-refractivity contribution in [2.75, 3.05) is 7.05 Å². The number of hydrogen-bond acceptors (Lipinski definition) is 11. The number of aliphatic hydroxyl groups excluding tert-OH is 2. The van der Waals surface area contributed by atoms with Crippen LogP contribution in [0.1, 0.15) is 122 Å². The highest BCUT2D eigenvalue weighted by Gasteiger charge is 2.27. The van der Waals surface area contributed by atoms with Crippen LogP contribution in [0.15, 0.2) is 105 Å². The van der Waals surface area contributed by atoms with Gasteiger partial charge in [0.1, 0.15) is 0 Å². The number of aryl methyl sites for hydroxylation is 4. The Morgan fingerprint density at radius 2 is 1.11 bits per heavy atom. The van der Waals surface area contributed by atoms with Crippen LogP contribution < -0.4 is 11.1 Å². The molecule has 0 fully saturated rings. The van der Waals surface area contributed by atoms with Crippen LogP contribution in [0, 0.1) is 27.7 Å². The first-order chi connectivity index (χ1) is 30.5. The number of amidine groups is 1. The summed E-state index contributed by atoms with van der Waals surface area (Å²) < 4.78 is 11.0. The first kappa shape index (κ1) is 43.2. The SMILES string of the molecule is CNC1CCc2c(-c3noc(Cc4ccc(C)c(C)c4)n3)cccc21.Cc1ccc(Cc2nc(-c3cccc4c3CCC4O)no2)cc1C.NC(=NO)c1cccc2c1CCC2O. The van der Waals surface area contributed by atoms with Gasteiger partial charge in [0.25, 0.3) is 0 Å². The maximum absolute atomic E-state index is 10.0. The second-order valence-corrected chi connectivity index (χ2v) is 16.8. The number of fused-ring (bicyclic) bond motifs is 3. The predicted molar refractivity (Wildman–Crippen MR) is 243 cm³/mol. The number of nitrogens with one attached hydrogen (secondary N) is 1. The molecule has 0 aliphatic heterocycles. The van der Waals surface area contributed by atoms with E-state index in [9.17, 15) is 10.2 Å². The highest BCUT2D eigenvalue weighted by molar-refractivity contribution is 5.98. The Hall–Kier alpha value is -6.47. The number of aliphatic hydroxyl groups is 2. The third kappa shape index (κ3) is 9.34. The average molecular weight is 846 g/mol. The summed E-state index contributed by atoms with van der Waals surface area (Å²) in [6, 6.07) is 31.1. The maximum atomic E-state index is 10.0. The standard InChI is InChI=1S/C21H23N3O.C20H20N2O2.C10H12N2O2/c1-13-7-8-15(11-14(13)2)12-20-23-21(24-25-20)18-6-4-5-17-16(18)9-10-19(17)22-3;1-12-6-7-14(10-13(12)2)11-19-21-20(22-24-19)17-5-3-4-16-15(17)8-9-18(16)23;11-10(12-14)8-3-1-2-7-6(8)4-5-9(7)13/h4-8,11,19,22H,9-10,12H2,1-3H3;3-7,10,18,23H,8-9,11H2,1-2H3;1-3,9,13-14H,4-5H2,(H2,11,12). The van der Waals surface area contributed by atoms with Crippen LogP contribution in [0.5, 0.6) is 0 Å². The Kier molecular flexibility index (Phi) is 12.9. The molecule has 12 heteroatoms. The molecule has 7 aromatic rings. The molecule has 0 bridgehead atoms. The van der Waals surface area contributed by atoms with Gasteiger partial charge < -0.3 is 35.5 Å². The molecule has 0 radical (unpaired) electrons. The van der Waals surface area contributed by atoms with Crippen LogP contribution >= 0.6 is 0 Å². The zero-order valence-corrected chi connectivity index (χ0v) is 36.5. The van der Waals surface area contributed by atoms with Crippen molar-refractivity contribution in [3.63, 3.8) is 0 Å². The summed E-state index contributed by atoms with van der Waals surface area (Å²) in [5.74, 6) is 2.70. The van der Waals surface area contributed by atoms with Crippen molar-refractivity contribution in [2.24, 2.45) is 10.9 Å². The smallest absolute Gasteiger partial charge is 0.231 e. The highest BCUT2D eigenvalue weighted by Crippen LogP contribution is 2.38. The van der Waals surface area contributed by atoms with Crippen molar-refractivity contribution >= 4 is 5.84 Å². The molecule has 3 atom stereocenters. The molecule has 12 nitrogen and oxygen atoms in total. The first-order valence-corrected chi connectivity index (χ1v) is 21.7. The van der Waals surface area contributed by atoms with Crippen LogP contribution in [-0.4, -0.2) is 48.6 Å².